The molecule has 1 aliphatic heterocycles. The second-order valence-electron chi connectivity index (χ2n) is 5.71. The molecule has 0 bridgehead atoms. The molecule has 6 nitrogen and oxygen atoms in total. The van der Waals surface area contributed by atoms with E-state index in [2.05, 4.69) is 0 Å². The highest BCUT2D eigenvalue weighted by Gasteiger charge is 2.58. The van der Waals surface area contributed by atoms with Crippen LogP contribution in [0.4, 0.5) is 5.69 Å². The van der Waals surface area contributed by atoms with Crippen LogP contribution in [0.5, 0.6) is 0 Å². The van der Waals surface area contributed by atoms with Gasteiger partial charge in [-0.25, -0.2) is 9.78 Å². The molecular weight excluding hydrogens is 260 g/mol. The number of rotatable bonds is 3. The standard InChI is InChI=1S/C14H18N2O4/c1-13(2,3)19-20-14(11(15)17)9-7-5-6-8-10(9)16(4)12(14)18/h5-8H,1-4H3,(H2,15,17). The molecule has 108 valence electrons. The number of primary amides is 1. The van der Waals surface area contributed by atoms with Crippen molar-refractivity contribution in [2.24, 2.45) is 5.73 Å². The fourth-order valence-corrected chi connectivity index (χ4v) is 2.07. The van der Waals surface area contributed by atoms with Crippen LogP contribution in [0.15, 0.2) is 24.3 Å². The number of nitrogens with two attached hydrogens (primary N) is 1. The summed E-state index contributed by atoms with van der Waals surface area (Å²) in [6.45, 7) is 5.24. The average Bonchev–Trinajstić information content (AvgIpc) is 2.58. The normalized spacial score (nSPS) is 22.0. The van der Waals surface area contributed by atoms with Crippen LogP contribution in [0, 0.1) is 0 Å². The number of amides is 2. The Kier molecular flexibility index (Phi) is 3.31. The molecule has 1 heterocycles. The van der Waals surface area contributed by atoms with E-state index in [-0.39, 0.29) is 0 Å². The number of carbonyl (C=O) groups is 2. The summed E-state index contributed by atoms with van der Waals surface area (Å²) in [5, 5.41) is 0. The maximum absolute atomic E-state index is 12.5. The van der Waals surface area contributed by atoms with E-state index in [0.29, 0.717) is 11.3 Å². The molecule has 0 spiro atoms. The lowest BCUT2D eigenvalue weighted by Crippen LogP contribution is -2.51. The fourth-order valence-electron chi connectivity index (χ4n) is 2.07. The highest BCUT2D eigenvalue weighted by molar-refractivity contribution is 6.19. The van der Waals surface area contributed by atoms with E-state index in [9.17, 15) is 9.59 Å². The minimum absolute atomic E-state index is 0.393. The van der Waals surface area contributed by atoms with Crippen LogP contribution in [0.1, 0.15) is 26.3 Å². The Morgan fingerprint density at radius 2 is 1.90 bits per heavy atom. The van der Waals surface area contributed by atoms with Crippen molar-refractivity contribution in [1.82, 2.24) is 0 Å². The molecule has 2 amide bonds. The van der Waals surface area contributed by atoms with Crippen molar-refractivity contribution in [3.05, 3.63) is 29.8 Å². The van der Waals surface area contributed by atoms with Crippen molar-refractivity contribution in [3.8, 4) is 0 Å². The molecule has 2 rings (SSSR count). The summed E-state index contributed by atoms with van der Waals surface area (Å²) in [6, 6.07) is 6.83. The minimum atomic E-state index is -1.93. The Bertz CT molecular complexity index is 565. The number of nitrogens with zero attached hydrogens (tertiary/aromatic N) is 1. The van der Waals surface area contributed by atoms with Crippen molar-refractivity contribution >= 4 is 17.5 Å². The van der Waals surface area contributed by atoms with E-state index in [1.165, 1.54) is 4.90 Å². The van der Waals surface area contributed by atoms with Gasteiger partial charge in [0.2, 0.25) is 0 Å². The van der Waals surface area contributed by atoms with Gasteiger partial charge in [-0.3, -0.25) is 9.59 Å². The van der Waals surface area contributed by atoms with E-state index in [0.717, 1.165) is 0 Å². The summed E-state index contributed by atoms with van der Waals surface area (Å²) >= 11 is 0. The van der Waals surface area contributed by atoms with Gasteiger partial charge in [0.05, 0.1) is 11.3 Å². The maximum Gasteiger partial charge on any atom is 0.285 e. The molecule has 2 N–H and O–H groups in total. The Morgan fingerprint density at radius 3 is 2.45 bits per heavy atom. The van der Waals surface area contributed by atoms with Gasteiger partial charge in [-0.05, 0) is 26.8 Å². The first-order valence-corrected chi connectivity index (χ1v) is 6.24. The van der Waals surface area contributed by atoms with Crippen molar-refractivity contribution in [3.63, 3.8) is 0 Å². The van der Waals surface area contributed by atoms with Crippen molar-refractivity contribution in [1.29, 1.82) is 0 Å². The Balaban J connectivity index is 2.53. The van der Waals surface area contributed by atoms with Crippen LogP contribution < -0.4 is 10.6 Å². The smallest absolute Gasteiger partial charge is 0.285 e. The SMILES string of the molecule is CN1C(=O)C(OOC(C)(C)C)(C(N)=O)c2ccccc21. The Hall–Kier alpha value is -1.92. The zero-order valence-corrected chi connectivity index (χ0v) is 12.0. The molecule has 0 fully saturated rings. The summed E-state index contributed by atoms with van der Waals surface area (Å²) in [4.78, 5) is 36.2. The molecule has 1 aromatic rings. The first kappa shape index (κ1) is 14.5. The van der Waals surface area contributed by atoms with E-state index >= 15 is 0 Å². The fraction of sp³-hybridized carbons (Fsp3) is 0.429. The van der Waals surface area contributed by atoms with Crippen molar-refractivity contribution in [2.45, 2.75) is 32.0 Å². The molecule has 1 aliphatic rings. The average molecular weight is 278 g/mol. The molecular formula is C14H18N2O4. The Labute approximate surface area is 117 Å². The van der Waals surface area contributed by atoms with Crippen LogP contribution in [0.2, 0.25) is 0 Å². The number of likely N-dealkylation sites (N-methyl/N-ethyl adjacent to an activating group) is 1. The zero-order valence-electron chi connectivity index (χ0n) is 12.0. The van der Waals surface area contributed by atoms with E-state index in [1.54, 1.807) is 52.1 Å². The predicted octanol–water partition coefficient (Wildman–Crippen LogP) is 1.09. The van der Waals surface area contributed by atoms with Gasteiger partial charge < -0.3 is 10.6 Å². The zero-order chi connectivity index (χ0) is 15.1. The van der Waals surface area contributed by atoms with Crippen molar-refractivity contribution < 1.29 is 19.4 Å². The van der Waals surface area contributed by atoms with Crippen molar-refractivity contribution in [2.75, 3.05) is 11.9 Å². The monoisotopic (exact) mass is 278 g/mol. The lowest BCUT2D eigenvalue weighted by atomic mass is 9.95. The predicted molar refractivity (Wildman–Crippen MR) is 72.6 cm³/mol. The van der Waals surface area contributed by atoms with Gasteiger partial charge in [-0.2, -0.15) is 0 Å². The van der Waals surface area contributed by atoms with Gasteiger partial charge >= 0.3 is 0 Å². The second kappa shape index (κ2) is 4.57. The molecule has 1 unspecified atom stereocenters. The second-order valence-corrected chi connectivity index (χ2v) is 5.71. The lowest BCUT2D eigenvalue weighted by Gasteiger charge is -2.27. The number of benzene rings is 1. The van der Waals surface area contributed by atoms with Gasteiger partial charge in [0, 0.05) is 12.6 Å². The quantitative estimate of drug-likeness (QED) is 0.510. The number of hydrogen-bond acceptors (Lipinski definition) is 4. The topological polar surface area (TPSA) is 81.9 Å². The number of para-hydroxylation sites is 1. The number of hydrogen-bond donors (Lipinski definition) is 1. The van der Waals surface area contributed by atoms with Gasteiger partial charge in [-0.1, -0.05) is 18.2 Å². The van der Waals surface area contributed by atoms with E-state index in [4.69, 9.17) is 15.5 Å². The highest BCUT2D eigenvalue weighted by atomic mass is 17.2. The third-order valence-electron chi connectivity index (χ3n) is 3.01. The number of carbonyl (C=O) groups excluding carboxylic acids is 2. The Morgan fingerprint density at radius 1 is 1.30 bits per heavy atom. The largest absolute Gasteiger partial charge is 0.366 e. The van der Waals surface area contributed by atoms with Crippen LogP contribution >= 0.6 is 0 Å². The third-order valence-corrected chi connectivity index (χ3v) is 3.01. The molecule has 1 atom stereocenters. The number of fused-ring (bicyclic) bond motifs is 1. The summed E-state index contributed by atoms with van der Waals surface area (Å²) in [5.74, 6) is -1.46. The molecule has 0 aliphatic carbocycles. The molecule has 0 radical (unpaired) electrons. The molecule has 0 saturated carbocycles. The summed E-state index contributed by atoms with van der Waals surface area (Å²) in [5.41, 5.74) is 3.79. The minimum Gasteiger partial charge on any atom is -0.366 e. The van der Waals surface area contributed by atoms with Crippen LogP contribution in [-0.4, -0.2) is 24.5 Å². The number of anilines is 1. The first-order chi connectivity index (χ1) is 9.20. The van der Waals surface area contributed by atoms with Crippen LogP contribution in [0.3, 0.4) is 0 Å². The van der Waals surface area contributed by atoms with Gasteiger partial charge in [0.15, 0.2) is 0 Å². The first-order valence-electron chi connectivity index (χ1n) is 6.24. The van der Waals surface area contributed by atoms with Gasteiger partial charge in [0.1, 0.15) is 0 Å². The molecule has 0 saturated heterocycles. The molecule has 0 aromatic heterocycles. The van der Waals surface area contributed by atoms with Gasteiger partial charge in [0.25, 0.3) is 17.4 Å². The maximum atomic E-state index is 12.5. The highest BCUT2D eigenvalue weighted by Crippen LogP contribution is 2.42. The summed E-state index contributed by atoms with van der Waals surface area (Å²) < 4.78 is 0. The van der Waals surface area contributed by atoms with E-state index < -0.39 is 23.0 Å². The lowest BCUT2D eigenvalue weighted by molar-refractivity contribution is -0.386. The molecule has 20 heavy (non-hydrogen) atoms. The van der Waals surface area contributed by atoms with Crippen LogP contribution in [0.25, 0.3) is 0 Å². The molecule has 6 heteroatoms. The summed E-state index contributed by atoms with van der Waals surface area (Å²) in [7, 11) is 1.56. The third kappa shape index (κ3) is 2.07. The van der Waals surface area contributed by atoms with E-state index in [1.807, 2.05) is 0 Å². The van der Waals surface area contributed by atoms with Gasteiger partial charge in [-0.15, -0.1) is 0 Å². The summed E-state index contributed by atoms with van der Waals surface area (Å²) in [6.07, 6.45) is 0. The molecule has 1 aromatic carbocycles. The van der Waals surface area contributed by atoms with Crippen LogP contribution in [-0.2, 0) is 25.0 Å².